The first-order chi connectivity index (χ1) is 8.81. The molecule has 0 saturated carbocycles. The number of rotatable bonds is 3. The molecule has 0 aromatic carbocycles. The first-order valence-corrected chi connectivity index (χ1v) is 6.56. The summed E-state index contributed by atoms with van der Waals surface area (Å²) in [7, 11) is 0. The van der Waals surface area contributed by atoms with Crippen molar-refractivity contribution in [2.75, 3.05) is 23.7 Å². The van der Waals surface area contributed by atoms with Crippen LogP contribution in [0.5, 0.6) is 0 Å². The van der Waals surface area contributed by atoms with Gasteiger partial charge in [-0.2, -0.15) is 15.0 Å². The van der Waals surface area contributed by atoms with Crippen LogP contribution in [-0.2, 0) is 0 Å². The highest BCUT2D eigenvalue weighted by Crippen LogP contribution is 2.24. The zero-order valence-electron chi connectivity index (χ0n) is 9.70. The summed E-state index contributed by atoms with van der Waals surface area (Å²) < 4.78 is 0. The molecular formula is C10H13N7S. The Balaban J connectivity index is 1.85. The van der Waals surface area contributed by atoms with Crippen LogP contribution in [-0.4, -0.2) is 38.0 Å². The lowest BCUT2D eigenvalue weighted by molar-refractivity contribution is 0.831. The third kappa shape index (κ3) is 2.37. The number of anilines is 2. The molecule has 3 heterocycles. The van der Waals surface area contributed by atoms with Crippen molar-refractivity contribution in [3.63, 3.8) is 0 Å². The fourth-order valence-electron chi connectivity index (χ4n) is 1.86. The van der Waals surface area contributed by atoms with E-state index < -0.39 is 0 Å². The molecule has 3 N–H and O–H groups in total. The molecule has 0 unspecified atom stereocenters. The number of aromatic nitrogens is 5. The number of nitrogens with two attached hydrogens (primary N) is 1. The van der Waals surface area contributed by atoms with Gasteiger partial charge in [-0.15, -0.1) is 0 Å². The molecule has 0 bridgehead atoms. The van der Waals surface area contributed by atoms with Crippen LogP contribution < -0.4 is 10.6 Å². The summed E-state index contributed by atoms with van der Waals surface area (Å²) in [5.41, 5.74) is 5.72. The van der Waals surface area contributed by atoms with E-state index in [1.54, 1.807) is 12.4 Å². The highest BCUT2D eigenvalue weighted by molar-refractivity contribution is 7.99. The Labute approximate surface area is 108 Å². The lowest BCUT2D eigenvalue weighted by Gasteiger charge is -2.15. The number of nitrogens with one attached hydrogen (secondary N) is 1. The topological polar surface area (TPSA) is 96.6 Å². The van der Waals surface area contributed by atoms with Crippen molar-refractivity contribution >= 4 is 23.7 Å². The van der Waals surface area contributed by atoms with Gasteiger partial charge in [0.25, 0.3) is 0 Å². The monoisotopic (exact) mass is 263 g/mol. The molecule has 1 aliphatic rings. The number of hydrogen-bond acceptors (Lipinski definition) is 7. The zero-order valence-corrected chi connectivity index (χ0v) is 10.5. The van der Waals surface area contributed by atoms with Crippen molar-refractivity contribution in [3.05, 3.63) is 12.4 Å². The standard InChI is InChI=1S/C10H13N7S/c11-7-14-8(17-5-1-2-6-17)16-10(15-7)18-9-12-3-4-13-9/h3-4H,1-2,5-6H2,(H,12,13)(H2,11,14,15,16). The van der Waals surface area contributed by atoms with E-state index in [0.29, 0.717) is 11.1 Å². The number of H-pyrrole nitrogens is 1. The molecular weight excluding hydrogens is 250 g/mol. The Bertz CT molecular complexity index is 521. The fourth-order valence-corrected chi connectivity index (χ4v) is 2.54. The molecule has 1 saturated heterocycles. The van der Waals surface area contributed by atoms with Crippen LogP contribution in [0.2, 0.25) is 0 Å². The smallest absolute Gasteiger partial charge is 0.231 e. The molecule has 2 aromatic rings. The maximum absolute atomic E-state index is 5.72. The normalized spacial score (nSPS) is 15.2. The maximum Gasteiger partial charge on any atom is 0.231 e. The van der Waals surface area contributed by atoms with Crippen molar-refractivity contribution in [1.29, 1.82) is 0 Å². The van der Waals surface area contributed by atoms with Gasteiger partial charge >= 0.3 is 0 Å². The van der Waals surface area contributed by atoms with Crippen LogP contribution >= 0.6 is 11.8 Å². The van der Waals surface area contributed by atoms with E-state index in [-0.39, 0.29) is 5.95 Å². The third-order valence-corrected chi connectivity index (χ3v) is 3.45. The molecule has 1 fully saturated rings. The number of hydrogen-bond donors (Lipinski definition) is 2. The van der Waals surface area contributed by atoms with Crippen LogP contribution in [0, 0.1) is 0 Å². The molecule has 18 heavy (non-hydrogen) atoms. The molecule has 0 atom stereocenters. The summed E-state index contributed by atoms with van der Waals surface area (Å²) >= 11 is 1.35. The Hall–Kier alpha value is -1.83. The highest BCUT2D eigenvalue weighted by atomic mass is 32.2. The van der Waals surface area contributed by atoms with Crippen LogP contribution in [0.3, 0.4) is 0 Å². The van der Waals surface area contributed by atoms with Gasteiger partial charge in [-0.25, -0.2) is 4.98 Å². The van der Waals surface area contributed by atoms with E-state index >= 15 is 0 Å². The summed E-state index contributed by atoms with van der Waals surface area (Å²) in [5, 5.41) is 1.31. The van der Waals surface area contributed by atoms with E-state index in [9.17, 15) is 0 Å². The van der Waals surface area contributed by atoms with Gasteiger partial charge in [0.1, 0.15) is 0 Å². The number of nitrogens with zero attached hydrogens (tertiary/aromatic N) is 5. The Morgan fingerprint density at radius 1 is 1.22 bits per heavy atom. The summed E-state index contributed by atoms with van der Waals surface area (Å²) in [4.78, 5) is 22.0. The fraction of sp³-hybridized carbons (Fsp3) is 0.400. The molecule has 0 spiro atoms. The zero-order chi connectivity index (χ0) is 12.4. The summed E-state index contributed by atoms with van der Waals surface area (Å²) in [6, 6.07) is 0. The molecule has 94 valence electrons. The van der Waals surface area contributed by atoms with Crippen molar-refractivity contribution in [2.45, 2.75) is 23.2 Å². The van der Waals surface area contributed by atoms with Crippen molar-refractivity contribution in [2.24, 2.45) is 0 Å². The van der Waals surface area contributed by atoms with Gasteiger partial charge in [-0.3, -0.25) is 0 Å². The predicted octanol–water partition coefficient (Wildman–Crippen LogP) is 0.928. The second kappa shape index (κ2) is 4.81. The third-order valence-electron chi connectivity index (χ3n) is 2.67. The second-order valence-electron chi connectivity index (χ2n) is 3.97. The van der Waals surface area contributed by atoms with E-state index in [1.165, 1.54) is 24.6 Å². The first kappa shape index (κ1) is 11.3. The SMILES string of the molecule is Nc1nc(Sc2ncc[nH]2)nc(N2CCCC2)n1. The minimum absolute atomic E-state index is 0.251. The van der Waals surface area contributed by atoms with Gasteiger partial charge in [-0.05, 0) is 24.6 Å². The minimum atomic E-state index is 0.251. The van der Waals surface area contributed by atoms with Crippen LogP contribution in [0.15, 0.2) is 22.7 Å². The maximum atomic E-state index is 5.72. The lowest BCUT2D eigenvalue weighted by atomic mass is 10.4. The Morgan fingerprint density at radius 2 is 2.06 bits per heavy atom. The molecule has 8 heteroatoms. The van der Waals surface area contributed by atoms with Crippen LogP contribution in [0.25, 0.3) is 0 Å². The quantitative estimate of drug-likeness (QED) is 0.850. The Morgan fingerprint density at radius 3 is 2.78 bits per heavy atom. The van der Waals surface area contributed by atoms with E-state index in [4.69, 9.17) is 5.73 Å². The Kier molecular flexibility index (Phi) is 3.01. The molecule has 0 aliphatic carbocycles. The van der Waals surface area contributed by atoms with E-state index in [1.807, 2.05) is 0 Å². The summed E-state index contributed by atoms with van der Waals surface area (Å²) in [6.45, 7) is 1.96. The minimum Gasteiger partial charge on any atom is -0.368 e. The first-order valence-electron chi connectivity index (χ1n) is 5.75. The second-order valence-corrected chi connectivity index (χ2v) is 4.92. The van der Waals surface area contributed by atoms with Gasteiger partial charge in [-0.1, -0.05) is 0 Å². The number of nitrogen functional groups attached to an aromatic ring is 1. The largest absolute Gasteiger partial charge is 0.368 e. The van der Waals surface area contributed by atoms with Crippen LogP contribution in [0.4, 0.5) is 11.9 Å². The molecule has 2 aromatic heterocycles. The summed E-state index contributed by atoms with van der Waals surface area (Å²) in [6.07, 6.45) is 5.79. The van der Waals surface area contributed by atoms with Gasteiger partial charge in [0.2, 0.25) is 17.1 Å². The average molecular weight is 263 g/mol. The molecule has 1 aliphatic heterocycles. The van der Waals surface area contributed by atoms with E-state index in [0.717, 1.165) is 18.2 Å². The molecule has 0 radical (unpaired) electrons. The number of imidazole rings is 1. The van der Waals surface area contributed by atoms with Gasteiger partial charge in [0.15, 0.2) is 5.16 Å². The van der Waals surface area contributed by atoms with Crippen molar-refractivity contribution < 1.29 is 0 Å². The van der Waals surface area contributed by atoms with Crippen molar-refractivity contribution in [1.82, 2.24) is 24.9 Å². The summed E-state index contributed by atoms with van der Waals surface area (Å²) in [5.74, 6) is 0.912. The number of aromatic amines is 1. The molecule has 3 rings (SSSR count). The lowest BCUT2D eigenvalue weighted by Crippen LogP contribution is -2.21. The molecule has 7 nitrogen and oxygen atoms in total. The van der Waals surface area contributed by atoms with E-state index in [2.05, 4.69) is 29.8 Å². The van der Waals surface area contributed by atoms with Crippen LogP contribution in [0.1, 0.15) is 12.8 Å². The average Bonchev–Trinajstić information content (AvgIpc) is 3.00. The van der Waals surface area contributed by atoms with Gasteiger partial charge in [0, 0.05) is 25.5 Å². The van der Waals surface area contributed by atoms with Gasteiger partial charge < -0.3 is 15.6 Å². The highest BCUT2D eigenvalue weighted by Gasteiger charge is 2.17. The van der Waals surface area contributed by atoms with Gasteiger partial charge in [0.05, 0.1) is 0 Å². The predicted molar refractivity (Wildman–Crippen MR) is 68.4 cm³/mol. The van der Waals surface area contributed by atoms with Crippen molar-refractivity contribution in [3.8, 4) is 0 Å². The molecule has 0 amide bonds.